The zero-order valence-corrected chi connectivity index (χ0v) is 13.1. The third kappa shape index (κ3) is 3.15. The largest absolute Gasteiger partial charge is 0.399 e. The summed E-state index contributed by atoms with van der Waals surface area (Å²) in [6, 6.07) is 5.19. The van der Waals surface area contributed by atoms with Crippen LogP contribution in [0.1, 0.15) is 44.6 Å². The van der Waals surface area contributed by atoms with Gasteiger partial charge in [-0.05, 0) is 49.9 Å². The molecule has 0 spiro atoms. The minimum absolute atomic E-state index is 0.115. The van der Waals surface area contributed by atoms with E-state index >= 15 is 0 Å². The number of sulfonamides is 1. The van der Waals surface area contributed by atoms with Crippen LogP contribution in [0.5, 0.6) is 0 Å². The molecule has 1 fully saturated rings. The maximum Gasteiger partial charge on any atom is 0.243 e. The van der Waals surface area contributed by atoms with Crippen molar-refractivity contribution < 1.29 is 8.42 Å². The number of nitrogen functional groups attached to an aromatic ring is 1. The van der Waals surface area contributed by atoms with Crippen molar-refractivity contribution >= 4 is 15.7 Å². The molecular weight excluding hydrogens is 272 g/mol. The average molecular weight is 296 g/mol. The van der Waals surface area contributed by atoms with Crippen LogP contribution < -0.4 is 5.73 Å². The van der Waals surface area contributed by atoms with Gasteiger partial charge in [-0.2, -0.15) is 4.31 Å². The Bertz CT molecular complexity index is 549. The van der Waals surface area contributed by atoms with Crippen LogP contribution in [0, 0.1) is 6.92 Å². The van der Waals surface area contributed by atoms with Crippen molar-refractivity contribution in [2.75, 3.05) is 12.3 Å². The molecule has 0 saturated carbocycles. The first-order valence-electron chi connectivity index (χ1n) is 7.34. The summed E-state index contributed by atoms with van der Waals surface area (Å²) in [5, 5.41) is 0. The van der Waals surface area contributed by atoms with Crippen LogP contribution in [0.4, 0.5) is 5.69 Å². The lowest BCUT2D eigenvalue weighted by molar-refractivity contribution is 0.315. The van der Waals surface area contributed by atoms with Gasteiger partial charge < -0.3 is 5.73 Å². The Kier molecular flexibility index (Phi) is 4.70. The molecule has 1 saturated heterocycles. The molecule has 2 rings (SSSR count). The Morgan fingerprint density at radius 3 is 2.65 bits per heavy atom. The number of hydrogen-bond acceptors (Lipinski definition) is 3. The molecule has 112 valence electrons. The van der Waals surface area contributed by atoms with Crippen molar-refractivity contribution in [2.24, 2.45) is 0 Å². The minimum Gasteiger partial charge on any atom is -0.399 e. The topological polar surface area (TPSA) is 63.4 Å². The number of aryl methyl sites for hydroxylation is 1. The van der Waals surface area contributed by atoms with Gasteiger partial charge in [0.2, 0.25) is 10.0 Å². The molecule has 1 aliphatic rings. The summed E-state index contributed by atoms with van der Waals surface area (Å²) in [5.41, 5.74) is 7.19. The van der Waals surface area contributed by atoms with E-state index in [0.29, 0.717) is 17.1 Å². The molecule has 0 bridgehead atoms. The number of benzene rings is 1. The van der Waals surface area contributed by atoms with E-state index in [1.54, 1.807) is 22.5 Å². The summed E-state index contributed by atoms with van der Waals surface area (Å²) in [5.74, 6) is 0. The maximum atomic E-state index is 12.9. The van der Waals surface area contributed by atoms with Crippen molar-refractivity contribution in [2.45, 2.75) is 56.9 Å². The smallest absolute Gasteiger partial charge is 0.243 e. The van der Waals surface area contributed by atoms with Crippen LogP contribution in [-0.2, 0) is 10.0 Å². The predicted molar refractivity (Wildman–Crippen MR) is 82.0 cm³/mol. The third-order valence-corrected chi connectivity index (χ3v) is 5.90. The van der Waals surface area contributed by atoms with Gasteiger partial charge in [-0.1, -0.05) is 19.8 Å². The zero-order chi connectivity index (χ0) is 14.8. The second-order valence-electron chi connectivity index (χ2n) is 5.61. The highest BCUT2D eigenvalue weighted by atomic mass is 32.2. The maximum absolute atomic E-state index is 12.9. The van der Waals surface area contributed by atoms with Crippen LogP contribution in [0.15, 0.2) is 23.1 Å². The third-order valence-electron chi connectivity index (χ3n) is 3.97. The molecule has 1 aromatic rings. The summed E-state index contributed by atoms with van der Waals surface area (Å²) in [6.07, 6.45) is 4.98. The second-order valence-corrected chi connectivity index (χ2v) is 7.50. The van der Waals surface area contributed by atoms with E-state index in [9.17, 15) is 8.42 Å². The molecule has 1 atom stereocenters. The van der Waals surface area contributed by atoms with Crippen LogP contribution in [0.2, 0.25) is 0 Å². The van der Waals surface area contributed by atoms with Crippen LogP contribution in [-0.4, -0.2) is 25.3 Å². The lowest BCUT2D eigenvalue weighted by atomic mass is 10.1. The summed E-state index contributed by atoms with van der Waals surface area (Å²) >= 11 is 0. The summed E-state index contributed by atoms with van der Waals surface area (Å²) < 4.78 is 27.5. The summed E-state index contributed by atoms with van der Waals surface area (Å²) in [7, 11) is -3.44. The van der Waals surface area contributed by atoms with Crippen molar-refractivity contribution in [3.05, 3.63) is 23.8 Å². The highest BCUT2D eigenvalue weighted by Gasteiger charge is 2.31. The molecule has 20 heavy (non-hydrogen) atoms. The van der Waals surface area contributed by atoms with Gasteiger partial charge in [0, 0.05) is 18.3 Å². The van der Waals surface area contributed by atoms with Gasteiger partial charge in [-0.15, -0.1) is 0 Å². The molecule has 0 radical (unpaired) electrons. The lowest BCUT2D eigenvalue weighted by Crippen LogP contribution is -2.39. The fourth-order valence-electron chi connectivity index (χ4n) is 2.94. The standard InChI is InChI=1S/C15H24N2O2S/c1-3-14-7-5-4-6-8-17(14)20(18,19)15-10-12(2)9-13(16)11-15/h9-11,14H,3-8,16H2,1-2H3. The Morgan fingerprint density at radius 1 is 1.25 bits per heavy atom. The first-order valence-corrected chi connectivity index (χ1v) is 8.78. The number of rotatable bonds is 3. The summed E-state index contributed by atoms with van der Waals surface area (Å²) in [6.45, 7) is 4.55. The van der Waals surface area contributed by atoms with E-state index in [2.05, 4.69) is 6.92 Å². The SMILES string of the molecule is CCC1CCCCCN1S(=O)(=O)c1cc(C)cc(N)c1. The lowest BCUT2D eigenvalue weighted by Gasteiger charge is -2.28. The molecule has 5 heteroatoms. The molecule has 0 aromatic heterocycles. The molecule has 0 aliphatic carbocycles. The van der Waals surface area contributed by atoms with E-state index in [1.807, 2.05) is 6.92 Å². The van der Waals surface area contributed by atoms with Crippen LogP contribution in [0.25, 0.3) is 0 Å². The van der Waals surface area contributed by atoms with E-state index in [-0.39, 0.29) is 6.04 Å². The van der Waals surface area contributed by atoms with Gasteiger partial charge >= 0.3 is 0 Å². The molecule has 1 aromatic carbocycles. The van der Waals surface area contributed by atoms with Crippen LogP contribution >= 0.6 is 0 Å². The van der Waals surface area contributed by atoms with E-state index in [4.69, 9.17) is 5.73 Å². The van der Waals surface area contributed by atoms with Gasteiger partial charge in [-0.3, -0.25) is 0 Å². The van der Waals surface area contributed by atoms with Gasteiger partial charge in [0.15, 0.2) is 0 Å². The van der Waals surface area contributed by atoms with Gasteiger partial charge in [0.25, 0.3) is 0 Å². The number of nitrogens with zero attached hydrogens (tertiary/aromatic N) is 1. The van der Waals surface area contributed by atoms with E-state index in [1.165, 1.54) is 0 Å². The molecule has 0 amide bonds. The number of hydrogen-bond donors (Lipinski definition) is 1. The van der Waals surface area contributed by atoms with Crippen molar-refractivity contribution in [1.29, 1.82) is 0 Å². The normalized spacial score (nSPS) is 21.6. The van der Waals surface area contributed by atoms with E-state index in [0.717, 1.165) is 37.7 Å². The Balaban J connectivity index is 2.41. The van der Waals surface area contributed by atoms with Gasteiger partial charge in [0.1, 0.15) is 0 Å². The Hall–Kier alpha value is -1.07. The zero-order valence-electron chi connectivity index (χ0n) is 12.3. The Labute approximate surface area is 122 Å². The molecule has 1 heterocycles. The molecule has 4 nitrogen and oxygen atoms in total. The Morgan fingerprint density at radius 2 is 2.00 bits per heavy atom. The molecule has 2 N–H and O–H groups in total. The highest BCUT2D eigenvalue weighted by Crippen LogP contribution is 2.27. The second kappa shape index (κ2) is 6.14. The fourth-order valence-corrected chi connectivity index (χ4v) is 4.84. The fraction of sp³-hybridized carbons (Fsp3) is 0.600. The predicted octanol–water partition coefficient (Wildman–Crippen LogP) is 2.92. The average Bonchev–Trinajstić information content (AvgIpc) is 2.62. The van der Waals surface area contributed by atoms with Crippen molar-refractivity contribution in [1.82, 2.24) is 4.31 Å². The van der Waals surface area contributed by atoms with Crippen LogP contribution in [0.3, 0.4) is 0 Å². The molecular formula is C15H24N2O2S. The molecule has 1 aliphatic heterocycles. The van der Waals surface area contributed by atoms with E-state index < -0.39 is 10.0 Å². The first kappa shape index (κ1) is 15.3. The first-order chi connectivity index (χ1) is 9.45. The monoisotopic (exact) mass is 296 g/mol. The van der Waals surface area contributed by atoms with Gasteiger partial charge in [-0.25, -0.2) is 8.42 Å². The minimum atomic E-state index is -3.44. The number of anilines is 1. The van der Waals surface area contributed by atoms with Gasteiger partial charge in [0.05, 0.1) is 4.90 Å². The van der Waals surface area contributed by atoms with Crippen molar-refractivity contribution in [3.8, 4) is 0 Å². The summed E-state index contributed by atoms with van der Waals surface area (Å²) in [4.78, 5) is 0.329. The highest BCUT2D eigenvalue weighted by molar-refractivity contribution is 7.89. The number of nitrogens with two attached hydrogens (primary N) is 1. The molecule has 1 unspecified atom stereocenters. The van der Waals surface area contributed by atoms with Crippen molar-refractivity contribution in [3.63, 3.8) is 0 Å². The quantitative estimate of drug-likeness (QED) is 0.872.